The second-order valence-corrected chi connectivity index (χ2v) is 7.13. The fourth-order valence-corrected chi connectivity index (χ4v) is 3.77. The number of hydrogen-bond donors (Lipinski definition) is 1. The van der Waals surface area contributed by atoms with Gasteiger partial charge in [0.15, 0.2) is 0 Å². The van der Waals surface area contributed by atoms with E-state index in [1.165, 1.54) is 28.6 Å². The average molecular weight is 296 g/mol. The number of nitrogens with zero attached hydrogens (tertiary/aromatic N) is 1. The van der Waals surface area contributed by atoms with E-state index in [1.807, 2.05) is 0 Å². The van der Waals surface area contributed by atoms with E-state index in [0.29, 0.717) is 24.6 Å². The van der Waals surface area contributed by atoms with Crippen molar-refractivity contribution in [1.29, 1.82) is 0 Å². The summed E-state index contributed by atoms with van der Waals surface area (Å²) in [5.74, 6) is 0.359. The van der Waals surface area contributed by atoms with Gasteiger partial charge in [-0.3, -0.25) is 4.79 Å². The summed E-state index contributed by atoms with van der Waals surface area (Å²) in [6.45, 7) is 3.28. The molecule has 1 aliphatic rings. The summed E-state index contributed by atoms with van der Waals surface area (Å²) in [6.07, 6.45) is 1.80. The first kappa shape index (κ1) is 15.0. The average Bonchev–Trinajstić information content (AvgIpc) is 2.47. The topological polar surface area (TPSA) is 66.5 Å². The van der Waals surface area contributed by atoms with Crippen LogP contribution in [-0.4, -0.2) is 38.8 Å². The fraction of sp³-hybridized carbons (Fsp3) is 0.500. The molecule has 1 fully saturated rings. The summed E-state index contributed by atoms with van der Waals surface area (Å²) in [5.41, 5.74) is 0.457. The van der Waals surface area contributed by atoms with Gasteiger partial charge < -0.3 is 5.32 Å². The zero-order chi connectivity index (χ0) is 14.8. The van der Waals surface area contributed by atoms with E-state index in [4.69, 9.17) is 0 Å². The van der Waals surface area contributed by atoms with E-state index < -0.39 is 10.0 Å². The summed E-state index contributed by atoms with van der Waals surface area (Å²) < 4.78 is 26.5. The number of hydrogen-bond acceptors (Lipinski definition) is 3. The molecule has 110 valence electrons. The molecule has 1 aliphatic heterocycles. The summed E-state index contributed by atoms with van der Waals surface area (Å²) in [4.78, 5) is 11.7. The molecule has 0 saturated carbocycles. The van der Waals surface area contributed by atoms with Crippen molar-refractivity contribution in [2.24, 2.45) is 5.92 Å². The fourth-order valence-electron chi connectivity index (χ4n) is 2.30. The van der Waals surface area contributed by atoms with Crippen LogP contribution in [0.4, 0.5) is 0 Å². The highest BCUT2D eigenvalue weighted by atomic mass is 32.2. The molecule has 0 bridgehead atoms. The Morgan fingerprint density at radius 1 is 1.20 bits per heavy atom. The zero-order valence-electron chi connectivity index (χ0n) is 11.8. The number of sulfonamides is 1. The Bertz CT molecular complexity index is 573. The van der Waals surface area contributed by atoms with Crippen LogP contribution in [0.2, 0.25) is 0 Å². The third-order valence-electron chi connectivity index (χ3n) is 3.72. The molecule has 0 atom stereocenters. The second kappa shape index (κ2) is 5.93. The Labute approximate surface area is 120 Å². The lowest BCUT2D eigenvalue weighted by molar-refractivity contribution is 0.0963. The van der Waals surface area contributed by atoms with Crippen LogP contribution >= 0.6 is 0 Å². The van der Waals surface area contributed by atoms with Crippen LogP contribution in [0.15, 0.2) is 29.2 Å². The van der Waals surface area contributed by atoms with E-state index in [2.05, 4.69) is 12.2 Å². The first-order valence-electron chi connectivity index (χ1n) is 6.77. The molecule has 1 N–H and O–H groups in total. The molecule has 2 rings (SSSR count). The van der Waals surface area contributed by atoms with E-state index in [9.17, 15) is 13.2 Å². The molecule has 0 radical (unpaired) electrons. The lowest BCUT2D eigenvalue weighted by atomic mass is 10.0. The van der Waals surface area contributed by atoms with E-state index in [-0.39, 0.29) is 10.8 Å². The van der Waals surface area contributed by atoms with E-state index in [0.717, 1.165) is 12.8 Å². The van der Waals surface area contributed by atoms with E-state index >= 15 is 0 Å². The molecule has 0 aromatic heterocycles. The zero-order valence-corrected chi connectivity index (χ0v) is 12.6. The van der Waals surface area contributed by atoms with Gasteiger partial charge >= 0.3 is 0 Å². The Morgan fingerprint density at radius 3 is 2.25 bits per heavy atom. The van der Waals surface area contributed by atoms with Gasteiger partial charge in [-0.05, 0) is 43.0 Å². The van der Waals surface area contributed by atoms with Crippen molar-refractivity contribution in [3.63, 3.8) is 0 Å². The Morgan fingerprint density at radius 2 is 1.75 bits per heavy atom. The maximum atomic E-state index is 12.5. The SMILES string of the molecule is CNC(=O)c1ccc(S(=O)(=O)N2CCC(C)CC2)cc1. The van der Waals surface area contributed by atoms with Gasteiger partial charge in [-0.2, -0.15) is 4.31 Å². The molecule has 20 heavy (non-hydrogen) atoms. The highest BCUT2D eigenvalue weighted by Crippen LogP contribution is 2.23. The predicted octanol–water partition coefficient (Wildman–Crippen LogP) is 1.47. The lowest BCUT2D eigenvalue weighted by Gasteiger charge is -2.29. The minimum absolute atomic E-state index is 0.222. The number of amides is 1. The molecular weight excluding hydrogens is 276 g/mol. The normalized spacial score (nSPS) is 17.9. The number of rotatable bonds is 3. The van der Waals surface area contributed by atoms with Crippen molar-refractivity contribution in [3.05, 3.63) is 29.8 Å². The molecule has 0 spiro atoms. The third kappa shape index (κ3) is 3.02. The summed E-state index contributed by atoms with van der Waals surface area (Å²) in [6, 6.07) is 6.08. The van der Waals surface area contributed by atoms with Crippen molar-refractivity contribution in [2.75, 3.05) is 20.1 Å². The largest absolute Gasteiger partial charge is 0.355 e. The quantitative estimate of drug-likeness (QED) is 0.918. The Balaban J connectivity index is 2.19. The molecule has 1 amide bonds. The Kier molecular flexibility index (Phi) is 4.45. The van der Waals surface area contributed by atoms with Crippen molar-refractivity contribution in [2.45, 2.75) is 24.7 Å². The van der Waals surface area contributed by atoms with Gasteiger partial charge in [0.2, 0.25) is 10.0 Å². The van der Waals surface area contributed by atoms with Crippen LogP contribution in [0.5, 0.6) is 0 Å². The molecular formula is C14H20N2O3S. The summed E-state index contributed by atoms with van der Waals surface area (Å²) >= 11 is 0. The van der Waals surface area contributed by atoms with Crippen LogP contribution in [0, 0.1) is 5.92 Å². The number of carbonyl (C=O) groups is 1. The monoisotopic (exact) mass is 296 g/mol. The second-order valence-electron chi connectivity index (χ2n) is 5.19. The summed E-state index contributed by atoms with van der Waals surface area (Å²) in [7, 11) is -1.89. The van der Waals surface area contributed by atoms with Crippen molar-refractivity contribution < 1.29 is 13.2 Å². The predicted molar refractivity (Wildman–Crippen MR) is 77.0 cm³/mol. The molecule has 6 heteroatoms. The molecule has 1 saturated heterocycles. The number of carbonyl (C=O) groups excluding carboxylic acids is 1. The van der Waals surface area contributed by atoms with Crippen LogP contribution in [0.3, 0.4) is 0 Å². The maximum Gasteiger partial charge on any atom is 0.251 e. The lowest BCUT2D eigenvalue weighted by Crippen LogP contribution is -2.37. The van der Waals surface area contributed by atoms with Gasteiger partial charge in [0.1, 0.15) is 0 Å². The van der Waals surface area contributed by atoms with Crippen LogP contribution < -0.4 is 5.32 Å². The van der Waals surface area contributed by atoms with Crippen molar-refractivity contribution >= 4 is 15.9 Å². The molecule has 1 heterocycles. The van der Waals surface area contributed by atoms with Crippen molar-refractivity contribution in [3.8, 4) is 0 Å². The van der Waals surface area contributed by atoms with Crippen LogP contribution in [-0.2, 0) is 10.0 Å². The number of piperidine rings is 1. The van der Waals surface area contributed by atoms with Gasteiger partial charge in [0, 0.05) is 25.7 Å². The van der Waals surface area contributed by atoms with Gasteiger partial charge in [-0.15, -0.1) is 0 Å². The minimum Gasteiger partial charge on any atom is -0.355 e. The molecule has 5 nitrogen and oxygen atoms in total. The highest BCUT2D eigenvalue weighted by Gasteiger charge is 2.27. The number of benzene rings is 1. The summed E-state index contributed by atoms with van der Waals surface area (Å²) in [5, 5.41) is 2.51. The minimum atomic E-state index is -3.43. The highest BCUT2D eigenvalue weighted by molar-refractivity contribution is 7.89. The van der Waals surface area contributed by atoms with Gasteiger partial charge in [0.25, 0.3) is 5.91 Å². The van der Waals surface area contributed by atoms with Crippen LogP contribution in [0.25, 0.3) is 0 Å². The Hall–Kier alpha value is -1.40. The van der Waals surface area contributed by atoms with Gasteiger partial charge in [-0.25, -0.2) is 8.42 Å². The van der Waals surface area contributed by atoms with Crippen LogP contribution in [0.1, 0.15) is 30.1 Å². The maximum absolute atomic E-state index is 12.5. The first-order valence-corrected chi connectivity index (χ1v) is 8.21. The number of nitrogens with one attached hydrogen (secondary N) is 1. The molecule has 0 unspecified atom stereocenters. The van der Waals surface area contributed by atoms with Gasteiger partial charge in [-0.1, -0.05) is 6.92 Å². The molecule has 1 aromatic rings. The standard InChI is InChI=1S/C14H20N2O3S/c1-11-7-9-16(10-8-11)20(18,19)13-5-3-12(4-6-13)14(17)15-2/h3-6,11H,7-10H2,1-2H3,(H,15,17). The third-order valence-corrected chi connectivity index (χ3v) is 5.64. The van der Waals surface area contributed by atoms with E-state index in [1.54, 1.807) is 7.05 Å². The van der Waals surface area contributed by atoms with Crippen molar-refractivity contribution in [1.82, 2.24) is 9.62 Å². The molecule has 0 aliphatic carbocycles. The molecule has 1 aromatic carbocycles. The van der Waals surface area contributed by atoms with Gasteiger partial charge in [0.05, 0.1) is 4.90 Å². The smallest absolute Gasteiger partial charge is 0.251 e. The first-order chi connectivity index (χ1) is 9.45.